The number of aromatic nitrogens is 5. The van der Waals surface area contributed by atoms with Crippen molar-refractivity contribution in [3.63, 3.8) is 0 Å². The Morgan fingerprint density at radius 1 is 1.25 bits per heavy atom. The van der Waals surface area contributed by atoms with Gasteiger partial charge in [0.1, 0.15) is 10.8 Å². The topological polar surface area (TPSA) is 97.6 Å². The van der Waals surface area contributed by atoms with Crippen molar-refractivity contribution in [2.75, 3.05) is 18.4 Å². The number of carbonyl (C=O) groups is 1. The summed E-state index contributed by atoms with van der Waals surface area (Å²) in [5.41, 5.74) is 0.774. The van der Waals surface area contributed by atoms with Crippen molar-refractivity contribution in [1.82, 2.24) is 30.5 Å². The number of piperidine rings is 1. The molecule has 4 rings (SSSR count). The molecule has 3 aromatic rings. The monoisotopic (exact) mass is 423 g/mol. The van der Waals surface area contributed by atoms with Crippen molar-refractivity contribution < 1.29 is 9.18 Å². The highest BCUT2D eigenvalue weighted by atomic mass is 35.5. The summed E-state index contributed by atoms with van der Waals surface area (Å²) in [6.45, 7) is 1.86. The molecule has 0 bridgehead atoms. The van der Waals surface area contributed by atoms with Gasteiger partial charge < -0.3 is 5.32 Å². The van der Waals surface area contributed by atoms with Gasteiger partial charge in [-0.05, 0) is 37.6 Å². The van der Waals surface area contributed by atoms with Gasteiger partial charge in [-0.1, -0.05) is 34.7 Å². The van der Waals surface area contributed by atoms with E-state index in [0.29, 0.717) is 22.1 Å². The van der Waals surface area contributed by atoms with Crippen molar-refractivity contribution >= 4 is 34.8 Å². The minimum absolute atomic E-state index is 0. The Morgan fingerprint density at radius 3 is 2.82 bits per heavy atom. The van der Waals surface area contributed by atoms with E-state index < -0.39 is 0 Å². The second kappa shape index (κ2) is 9.18. The molecule has 3 heterocycles. The molecule has 1 saturated heterocycles. The second-order valence-electron chi connectivity index (χ2n) is 6.29. The quantitative estimate of drug-likeness (QED) is 0.654. The number of nitrogens with one attached hydrogen (secondary N) is 2. The molecule has 0 radical (unpaired) electrons. The third-order valence-corrected chi connectivity index (χ3v) is 5.25. The average molecular weight is 424 g/mol. The Balaban J connectivity index is 0.00000225. The van der Waals surface area contributed by atoms with E-state index in [1.807, 2.05) is 0 Å². The predicted octanol–water partition coefficient (Wildman–Crippen LogP) is 2.46. The zero-order chi connectivity index (χ0) is 18.6. The van der Waals surface area contributed by atoms with Gasteiger partial charge in [0, 0.05) is 6.42 Å². The first kappa shape index (κ1) is 20.3. The molecule has 2 N–H and O–H groups in total. The zero-order valence-electron chi connectivity index (χ0n) is 14.8. The first-order valence-corrected chi connectivity index (χ1v) is 9.50. The Hall–Kier alpha value is -2.43. The SMILES string of the molecule is Cl.O=C(Nc1nnc(Cc2ccccc2F)s1)c1cn(C2CCNCC2)nn1. The van der Waals surface area contributed by atoms with Gasteiger partial charge >= 0.3 is 0 Å². The van der Waals surface area contributed by atoms with Gasteiger partial charge in [0.25, 0.3) is 5.91 Å². The maximum absolute atomic E-state index is 13.7. The number of amides is 1. The third-order valence-electron chi connectivity index (χ3n) is 4.41. The normalized spacial score (nSPS) is 14.5. The van der Waals surface area contributed by atoms with E-state index >= 15 is 0 Å². The highest BCUT2D eigenvalue weighted by Gasteiger charge is 2.19. The van der Waals surface area contributed by atoms with Gasteiger partial charge in [-0.25, -0.2) is 9.07 Å². The molecule has 1 aliphatic rings. The van der Waals surface area contributed by atoms with E-state index in [9.17, 15) is 9.18 Å². The molecule has 2 aromatic heterocycles. The Bertz CT molecular complexity index is 941. The molecule has 1 amide bonds. The van der Waals surface area contributed by atoms with Crippen molar-refractivity contribution in [3.8, 4) is 0 Å². The molecule has 0 atom stereocenters. The molecule has 28 heavy (non-hydrogen) atoms. The molecular formula is C17H19ClFN7OS. The number of hydrogen-bond donors (Lipinski definition) is 2. The maximum Gasteiger partial charge on any atom is 0.279 e. The van der Waals surface area contributed by atoms with Crippen LogP contribution < -0.4 is 10.6 Å². The molecule has 8 nitrogen and oxygen atoms in total. The van der Waals surface area contributed by atoms with Crippen LogP contribution in [0.1, 0.15) is 39.9 Å². The van der Waals surface area contributed by atoms with Crippen LogP contribution in [0, 0.1) is 5.82 Å². The van der Waals surface area contributed by atoms with Crippen molar-refractivity contribution in [1.29, 1.82) is 0 Å². The standard InChI is InChI=1S/C17H18FN7OS.ClH/c18-13-4-2-1-3-11(13)9-15-22-23-17(27-15)20-16(26)14-10-25(24-21-14)12-5-7-19-8-6-12;/h1-4,10,12,19H,5-9H2,(H,20,23,26);1H. The van der Waals surface area contributed by atoms with Crippen LogP contribution in [-0.2, 0) is 6.42 Å². The number of rotatable bonds is 5. The highest BCUT2D eigenvalue weighted by Crippen LogP contribution is 2.21. The summed E-state index contributed by atoms with van der Waals surface area (Å²) in [6, 6.07) is 6.78. The summed E-state index contributed by atoms with van der Waals surface area (Å²) in [7, 11) is 0. The van der Waals surface area contributed by atoms with Crippen LogP contribution >= 0.6 is 23.7 Å². The van der Waals surface area contributed by atoms with E-state index in [-0.39, 0.29) is 35.9 Å². The summed E-state index contributed by atoms with van der Waals surface area (Å²) in [4.78, 5) is 12.4. The minimum atomic E-state index is -0.385. The van der Waals surface area contributed by atoms with Crippen molar-refractivity contribution in [2.24, 2.45) is 0 Å². The number of nitrogens with zero attached hydrogens (tertiary/aromatic N) is 5. The Morgan fingerprint density at radius 2 is 2.04 bits per heavy atom. The lowest BCUT2D eigenvalue weighted by molar-refractivity contribution is 0.102. The lowest BCUT2D eigenvalue weighted by Crippen LogP contribution is -2.29. The second-order valence-corrected chi connectivity index (χ2v) is 7.35. The fraction of sp³-hybridized carbons (Fsp3) is 0.353. The highest BCUT2D eigenvalue weighted by molar-refractivity contribution is 7.15. The van der Waals surface area contributed by atoms with Crippen LogP contribution in [0.3, 0.4) is 0 Å². The maximum atomic E-state index is 13.7. The van der Waals surface area contributed by atoms with E-state index in [1.54, 1.807) is 29.1 Å². The smallest absolute Gasteiger partial charge is 0.279 e. The van der Waals surface area contributed by atoms with Crippen molar-refractivity contribution in [3.05, 3.63) is 52.5 Å². The third kappa shape index (κ3) is 4.70. The Kier molecular flexibility index (Phi) is 6.65. The minimum Gasteiger partial charge on any atom is -0.317 e. The number of hydrogen-bond acceptors (Lipinski definition) is 7. The number of benzene rings is 1. The van der Waals surface area contributed by atoms with Gasteiger partial charge in [-0.15, -0.1) is 27.7 Å². The van der Waals surface area contributed by atoms with E-state index in [1.165, 1.54) is 17.4 Å². The largest absolute Gasteiger partial charge is 0.317 e. The fourth-order valence-corrected chi connectivity index (χ4v) is 3.73. The summed E-state index contributed by atoms with van der Waals surface area (Å²) >= 11 is 1.21. The van der Waals surface area contributed by atoms with E-state index in [2.05, 4.69) is 31.1 Å². The molecule has 1 fully saturated rings. The first-order chi connectivity index (χ1) is 13.2. The molecule has 11 heteroatoms. The summed E-state index contributed by atoms with van der Waals surface area (Å²) in [5, 5.41) is 22.9. The lowest BCUT2D eigenvalue weighted by atomic mass is 10.1. The van der Waals surface area contributed by atoms with Crippen LogP contribution in [-0.4, -0.2) is 44.2 Å². The number of halogens is 2. The zero-order valence-corrected chi connectivity index (χ0v) is 16.5. The summed E-state index contributed by atoms with van der Waals surface area (Å²) < 4.78 is 15.5. The van der Waals surface area contributed by atoms with Crippen LogP contribution in [0.4, 0.5) is 9.52 Å². The average Bonchev–Trinajstić information content (AvgIpc) is 3.34. The van der Waals surface area contributed by atoms with Gasteiger partial charge in [0.05, 0.1) is 12.2 Å². The van der Waals surface area contributed by atoms with Crippen LogP contribution in [0.2, 0.25) is 0 Å². The molecule has 1 aliphatic heterocycles. The first-order valence-electron chi connectivity index (χ1n) is 8.69. The fourth-order valence-electron chi connectivity index (χ4n) is 2.97. The van der Waals surface area contributed by atoms with E-state index in [4.69, 9.17) is 0 Å². The summed E-state index contributed by atoms with van der Waals surface area (Å²) in [5.74, 6) is -0.670. The lowest BCUT2D eigenvalue weighted by Gasteiger charge is -2.21. The van der Waals surface area contributed by atoms with E-state index in [0.717, 1.165) is 25.9 Å². The molecule has 0 spiro atoms. The summed E-state index contributed by atoms with van der Waals surface area (Å²) in [6.07, 6.45) is 3.90. The Labute approximate surface area is 171 Å². The van der Waals surface area contributed by atoms with Crippen LogP contribution in [0.15, 0.2) is 30.5 Å². The molecule has 0 unspecified atom stereocenters. The number of anilines is 1. The van der Waals surface area contributed by atoms with Crippen molar-refractivity contribution in [2.45, 2.75) is 25.3 Å². The molecule has 148 valence electrons. The van der Waals surface area contributed by atoms with Gasteiger partial charge in [0.2, 0.25) is 5.13 Å². The molecule has 0 saturated carbocycles. The predicted molar refractivity (Wildman–Crippen MR) is 105 cm³/mol. The van der Waals surface area contributed by atoms with Crippen LogP contribution in [0.25, 0.3) is 0 Å². The van der Waals surface area contributed by atoms with Gasteiger partial charge in [-0.2, -0.15) is 0 Å². The molecular weight excluding hydrogens is 405 g/mol. The van der Waals surface area contributed by atoms with Gasteiger partial charge in [-0.3, -0.25) is 10.1 Å². The van der Waals surface area contributed by atoms with Gasteiger partial charge in [0.15, 0.2) is 5.69 Å². The number of carbonyl (C=O) groups excluding carboxylic acids is 1. The molecule has 0 aliphatic carbocycles. The van der Waals surface area contributed by atoms with Crippen LogP contribution in [0.5, 0.6) is 0 Å². The molecule has 1 aromatic carbocycles.